The van der Waals surface area contributed by atoms with Crippen molar-refractivity contribution in [3.8, 4) is 0 Å². The van der Waals surface area contributed by atoms with E-state index in [4.69, 9.17) is 0 Å². The number of benzene rings is 2. The number of hydrogen-bond donors (Lipinski definition) is 2. The molecule has 10 nitrogen and oxygen atoms in total. The van der Waals surface area contributed by atoms with Crippen LogP contribution in [0, 0.1) is 20.2 Å². The van der Waals surface area contributed by atoms with Gasteiger partial charge in [0.1, 0.15) is 5.69 Å². The number of aliphatic imine (C=N–C) groups is 1. The van der Waals surface area contributed by atoms with Gasteiger partial charge in [-0.3, -0.25) is 30.4 Å². The second kappa shape index (κ2) is 12.4. The largest absolute Gasteiger partial charge is 0.305 e. The Balaban J connectivity index is 2.07. The van der Waals surface area contributed by atoms with Crippen molar-refractivity contribution >= 4 is 29.2 Å². The number of amides is 1. The molecule has 1 amide bonds. The molecule has 2 N–H and O–H groups in total. The minimum absolute atomic E-state index is 0.0117. The Kier molecular flexibility index (Phi) is 9.26. The molecule has 0 aliphatic heterocycles. The van der Waals surface area contributed by atoms with Gasteiger partial charge in [0, 0.05) is 24.0 Å². The predicted octanol–water partition coefficient (Wildman–Crippen LogP) is 4.77. The molecular formula is C22H23N5O5. The number of carbonyl (C=O) groups excluding carboxylic acids is 1. The number of hydrogen-bond acceptors (Lipinski definition) is 7. The van der Waals surface area contributed by atoms with E-state index in [0.717, 1.165) is 37.0 Å². The summed E-state index contributed by atoms with van der Waals surface area (Å²) in [5.74, 6) is -0.271. The fraction of sp³-hybridized carbons (Fsp3) is 0.182. The number of hydrazine groups is 1. The van der Waals surface area contributed by atoms with Crippen molar-refractivity contribution in [2.24, 2.45) is 4.99 Å². The highest BCUT2D eigenvalue weighted by atomic mass is 16.6. The summed E-state index contributed by atoms with van der Waals surface area (Å²) in [4.78, 5) is 36.7. The van der Waals surface area contributed by atoms with E-state index >= 15 is 0 Å². The lowest BCUT2D eigenvalue weighted by molar-refractivity contribution is -0.393. The highest BCUT2D eigenvalue weighted by Crippen LogP contribution is 2.30. The molecule has 166 valence electrons. The molecule has 32 heavy (non-hydrogen) atoms. The van der Waals surface area contributed by atoms with Crippen molar-refractivity contribution < 1.29 is 14.6 Å². The Hall–Kier alpha value is -4.34. The first-order chi connectivity index (χ1) is 15.4. The summed E-state index contributed by atoms with van der Waals surface area (Å²) < 4.78 is 0. The minimum atomic E-state index is -0.713. The molecular weight excluding hydrogens is 414 g/mol. The van der Waals surface area contributed by atoms with Crippen LogP contribution < -0.4 is 10.9 Å². The molecule has 0 heterocycles. The molecule has 0 aromatic heterocycles. The van der Waals surface area contributed by atoms with E-state index in [9.17, 15) is 25.0 Å². The van der Waals surface area contributed by atoms with Gasteiger partial charge in [0.2, 0.25) is 0 Å². The maximum Gasteiger partial charge on any atom is 0.301 e. The molecule has 0 aliphatic rings. The van der Waals surface area contributed by atoms with Crippen LogP contribution in [0.2, 0.25) is 0 Å². The maximum absolute atomic E-state index is 12.1. The van der Waals surface area contributed by atoms with Crippen molar-refractivity contribution in [2.45, 2.75) is 26.2 Å². The quantitative estimate of drug-likeness (QED) is 0.225. The molecule has 2 aromatic carbocycles. The third-order valence-corrected chi connectivity index (χ3v) is 4.27. The van der Waals surface area contributed by atoms with Crippen molar-refractivity contribution in [1.82, 2.24) is 10.9 Å². The van der Waals surface area contributed by atoms with E-state index < -0.39 is 15.5 Å². The molecule has 0 spiro atoms. The lowest BCUT2D eigenvalue weighted by atomic mass is 10.1. The number of rotatable bonds is 11. The van der Waals surface area contributed by atoms with Crippen LogP contribution in [0.4, 0.5) is 17.1 Å². The third-order valence-electron chi connectivity index (χ3n) is 4.27. The van der Waals surface area contributed by atoms with Crippen LogP contribution in [0.3, 0.4) is 0 Å². The molecule has 0 fully saturated rings. The van der Waals surface area contributed by atoms with Crippen LogP contribution in [-0.2, 0) is 0 Å². The second-order valence-electron chi connectivity index (χ2n) is 6.61. The number of carbonyl (C=O) groups is 1. The van der Waals surface area contributed by atoms with E-state index in [2.05, 4.69) is 22.8 Å². The van der Waals surface area contributed by atoms with Crippen LogP contribution in [0.25, 0.3) is 0 Å². The van der Waals surface area contributed by atoms with E-state index in [1.165, 1.54) is 12.3 Å². The molecule has 0 saturated heterocycles. The summed E-state index contributed by atoms with van der Waals surface area (Å²) in [5, 5.41) is 22.0. The van der Waals surface area contributed by atoms with Crippen LogP contribution >= 0.6 is 0 Å². The molecule has 10 heteroatoms. The van der Waals surface area contributed by atoms with E-state index in [1.54, 1.807) is 42.6 Å². The minimum Gasteiger partial charge on any atom is -0.305 e. The Morgan fingerprint density at radius 2 is 1.84 bits per heavy atom. The molecule has 0 aliphatic carbocycles. The van der Waals surface area contributed by atoms with Crippen molar-refractivity contribution in [1.29, 1.82) is 0 Å². The van der Waals surface area contributed by atoms with Gasteiger partial charge < -0.3 is 5.43 Å². The van der Waals surface area contributed by atoms with Gasteiger partial charge in [-0.2, -0.15) is 0 Å². The maximum atomic E-state index is 12.1. The third kappa shape index (κ3) is 7.48. The van der Waals surface area contributed by atoms with Crippen LogP contribution in [0.1, 0.15) is 36.5 Å². The highest BCUT2D eigenvalue weighted by molar-refractivity contribution is 5.93. The number of nitro benzene ring substituents is 2. The molecule has 0 saturated carbocycles. The van der Waals surface area contributed by atoms with Crippen molar-refractivity contribution in [2.75, 3.05) is 0 Å². The summed E-state index contributed by atoms with van der Waals surface area (Å²) in [6, 6.07) is 12.0. The monoisotopic (exact) mass is 437 g/mol. The van der Waals surface area contributed by atoms with Crippen molar-refractivity contribution in [3.63, 3.8) is 0 Å². The van der Waals surface area contributed by atoms with Crippen LogP contribution in [0.15, 0.2) is 77.4 Å². The number of non-ortho nitro benzene ring substituents is 1. The first-order valence-electron chi connectivity index (χ1n) is 9.86. The first-order valence-corrected chi connectivity index (χ1v) is 9.86. The lowest BCUT2D eigenvalue weighted by Gasteiger charge is -2.06. The van der Waals surface area contributed by atoms with E-state index in [0.29, 0.717) is 5.56 Å². The average molecular weight is 437 g/mol. The van der Waals surface area contributed by atoms with E-state index in [1.807, 2.05) is 6.07 Å². The number of unbranched alkanes of at least 4 members (excludes halogenated alkanes) is 1. The zero-order valence-electron chi connectivity index (χ0n) is 17.4. The summed E-state index contributed by atoms with van der Waals surface area (Å²) in [6.45, 7) is 2.06. The Labute approximate surface area is 184 Å². The molecule has 2 rings (SSSR count). The molecule has 0 atom stereocenters. The Morgan fingerprint density at radius 3 is 2.50 bits per heavy atom. The lowest BCUT2D eigenvalue weighted by Crippen LogP contribution is -2.33. The topological polar surface area (TPSA) is 140 Å². The van der Waals surface area contributed by atoms with Gasteiger partial charge in [0.25, 0.3) is 11.6 Å². The van der Waals surface area contributed by atoms with Gasteiger partial charge in [0.05, 0.1) is 15.9 Å². The molecule has 0 bridgehead atoms. The number of allylic oxidation sites excluding steroid dienone is 3. The normalized spacial score (nSPS) is 11.6. The number of nitrogens with zero attached hydrogens (tertiary/aromatic N) is 3. The van der Waals surface area contributed by atoms with Gasteiger partial charge in [-0.05, 0) is 42.7 Å². The zero-order chi connectivity index (χ0) is 23.3. The summed E-state index contributed by atoms with van der Waals surface area (Å²) in [5.41, 5.74) is 5.97. The van der Waals surface area contributed by atoms with Gasteiger partial charge in [-0.1, -0.05) is 37.6 Å². The summed E-state index contributed by atoms with van der Waals surface area (Å²) in [7, 11) is 0. The van der Waals surface area contributed by atoms with Gasteiger partial charge >= 0.3 is 5.69 Å². The number of nitrogens with one attached hydrogen (secondary N) is 2. The average Bonchev–Trinajstić information content (AvgIpc) is 2.79. The van der Waals surface area contributed by atoms with Crippen molar-refractivity contribution in [3.05, 3.63) is 98.2 Å². The standard InChI is InChI=1S/C22H23N5O5/c1-2-3-8-17(16-24-25-22(28)18-10-5-4-6-11-18)9-7-14-23-20-13-12-19(26(29)30)15-21(20)27(31)32/h4-7,9-16,24H,2-3,8H2,1H3,(H,25,28)/b9-7-,17-16+,23-14?. The fourth-order valence-electron chi connectivity index (χ4n) is 2.61. The SMILES string of the molecule is CCCCC(/C=C\C=Nc1ccc([N+](=O)[O-])cc1[N+](=O)[O-])=C\NNC(=O)c1ccccc1. The zero-order valence-corrected chi connectivity index (χ0v) is 17.4. The van der Waals surface area contributed by atoms with Gasteiger partial charge in [0.15, 0.2) is 0 Å². The Morgan fingerprint density at radius 1 is 1.09 bits per heavy atom. The van der Waals surface area contributed by atoms with Crippen LogP contribution in [0.5, 0.6) is 0 Å². The predicted molar refractivity (Wildman–Crippen MR) is 122 cm³/mol. The Bertz CT molecular complexity index is 1050. The van der Waals surface area contributed by atoms with E-state index in [-0.39, 0.29) is 17.3 Å². The molecule has 2 aromatic rings. The molecule has 0 unspecified atom stereocenters. The summed E-state index contributed by atoms with van der Waals surface area (Å²) >= 11 is 0. The fourth-order valence-corrected chi connectivity index (χ4v) is 2.61. The first kappa shape index (κ1) is 23.9. The van der Waals surface area contributed by atoms with Gasteiger partial charge in [-0.25, -0.2) is 4.99 Å². The van der Waals surface area contributed by atoms with Crippen LogP contribution in [-0.4, -0.2) is 22.0 Å². The molecule has 0 radical (unpaired) electrons. The smallest absolute Gasteiger partial charge is 0.301 e. The number of nitro groups is 2. The summed E-state index contributed by atoms with van der Waals surface area (Å²) in [6.07, 6.45) is 9.05. The van der Waals surface area contributed by atoms with Gasteiger partial charge in [-0.15, -0.1) is 0 Å². The second-order valence-corrected chi connectivity index (χ2v) is 6.61. The highest BCUT2D eigenvalue weighted by Gasteiger charge is 2.18.